The van der Waals surface area contributed by atoms with Gasteiger partial charge in [-0.25, -0.2) is 13.1 Å². The molecular weight excluding hydrogens is 266 g/mol. The van der Waals surface area contributed by atoms with Crippen LogP contribution in [0, 0.1) is 0 Å². The Kier molecular flexibility index (Phi) is 3.39. The number of sulfonamides is 1. The minimum atomic E-state index is -3.32. The van der Waals surface area contributed by atoms with Crippen molar-refractivity contribution in [2.75, 3.05) is 11.0 Å². The standard InChI is InChI=1S/C12H13N3O3S/c1-15-12(16)7-6-11(13-15)9-4-3-5-10(8-9)14-19(2,17)18/h3-8,14H,1-2H3. The van der Waals surface area contributed by atoms with Crippen LogP contribution in [-0.4, -0.2) is 24.5 Å². The molecule has 0 aliphatic carbocycles. The number of aromatic nitrogens is 2. The van der Waals surface area contributed by atoms with Crippen LogP contribution in [0.3, 0.4) is 0 Å². The molecule has 0 aliphatic rings. The number of nitrogens with one attached hydrogen (secondary N) is 1. The maximum absolute atomic E-state index is 11.3. The van der Waals surface area contributed by atoms with Gasteiger partial charge in [-0.15, -0.1) is 0 Å². The molecule has 0 bridgehead atoms. The van der Waals surface area contributed by atoms with Gasteiger partial charge in [0, 0.05) is 24.4 Å². The second-order valence-electron chi connectivity index (χ2n) is 4.14. The number of rotatable bonds is 3. The SMILES string of the molecule is Cn1nc(-c2cccc(NS(C)(=O)=O)c2)ccc1=O. The number of nitrogens with zero attached hydrogens (tertiary/aromatic N) is 2. The largest absolute Gasteiger partial charge is 0.284 e. The van der Waals surface area contributed by atoms with Crippen LogP contribution in [0.15, 0.2) is 41.2 Å². The van der Waals surface area contributed by atoms with Gasteiger partial charge in [0.25, 0.3) is 5.56 Å². The molecule has 0 aliphatic heterocycles. The summed E-state index contributed by atoms with van der Waals surface area (Å²) >= 11 is 0. The van der Waals surface area contributed by atoms with Gasteiger partial charge in [0.2, 0.25) is 10.0 Å². The summed E-state index contributed by atoms with van der Waals surface area (Å²) in [5, 5.41) is 4.11. The van der Waals surface area contributed by atoms with Crippen molar-refractivity contribution in [2.24, 2.45) is 7.05 Å². The highest BCUT2D eigenvalue weighted by Gasteiger charge is 2.05. The quantitative estimate of drug-likeness (QED) is 0.902. The van der Waals surface area contributed by atoms with Crippen molar-refractivity contribution in [1.29, 1.82) is 0 Å². The Morgan fingerprint density at radius 1 is 1.21 bits per heavy atom. The van der Waals surface area contributed by atoms with E-state index in [2.05, 4.69) is 9.82 Å². The van der Waals surface area contributed by atoms with Crippen LogP contribution in [0.4, 0.5) is 5.69 Å². The summed E-state index contributed by atoms with van der Waals surface area (Å²) in [5.41, 5.74) is 1.58. The summed E-state index contributed by atoms with van der Waals surface area (Å²) in [6.45, 7) is 0. The average Bonchev–Trinajstić information content (AvgIpc) is 2.31. The molecule has 1 aromatic carbocycles. The van der Waals surface area contributed by atoms with Crippen molar-refractivity contribution in [2.45, 2.75) is 0 Å². The third-order valence-corrected chi connectivity index (χ3v) is 3.03. The molecule has 0 saturated heterocycles. The van der Waals surface area contributed by atoms with Crippen LogP contribution < -0.4 is 10.3 Å². The minimum absolute atomic E-state index is 0.200. The van der Waals surface area contributed by atoms with E-state index in [0.29, 0.717) is 11.4 Å². The molecule has 0 amide bonds. The maximum atomic E-state index is 11.3. The van der Waals surface area contributed by atoms with Crippen LogP contribution in [0.5, 0.6) is 0 Å². The van der Waals surface area contributed by atoms with Gasteiger partial charge < -0.3 is 0 Å². The Hall–Kier alpha value is -2.15. The molecule has 7 heteroatoms. The van der Waals surface area contributed by atoms with Crippen molar-refractivity contribution >= 4 is 15.7 Å². The van der Waals surface area contributed by atoms with Crippen molar-refractivity contribution in [1.82, 2.24) is 9.78 Å². The number of benzene rings is 1. The molecule has 6 nitrogen and oxygen atoms in total. The molecule has 1 aromatic heterocycles. The Morgan fingerprint density at radius 2 is 1.95 bits per heavy atom. The Balaban J connectivity index is 2.43. The summed E-state index contributed by atoms with van der Waals surface area (Å²) in [7, 11) is -1.76. The van der Waals surface area contributed by atoms with Crippen molar-refractivity contribution in [3.05, 3.63) is 46.8 Å². The minimum Gasteiger partial charge on any atom is -0.284 e. The predicted molar refractivity (Wildman–Crippen MR) is 73.4 cm³/mol. The van der Waals surface area contributed by atoms with E-state index in [1.165, 1.54) is 10.7 Å². The van der Waals surface area contributed by atoms with E-state index in [9.17, 15) is 13.2 Å². The van der Waals surface area contributed by atoms with Crippen molar-refractivity contribution < 1.29 is 8.42 Å². The summed E-state index contributed by atoms with van der Waals surface area (Å²) < 4.78 is 26.0. The molecule has 0 radical (unpaired) electrons. The highest BCUT2D eigenvalue weighted by molar-refractivity contribution is 7.92. The zero-order valence-electron chi connectivity index (χ0n) is 10.5. The fourth-order valence-corrected chi connectivity index (χ4v) is 2.17. The van der Waals surface area contributed by atoms with E-state index in [1.54, 1.807) is 37.4 Å². The molecule has 0 atom stereocenters. The Labute approximate surface area is 110 Å². The van der Waals surface area contributed by atoms with Crippen LogP contribution >= 0.6 is 0 Å². The molecule has 0 unspecified atom stereocenters. The van der Waals surface area contributed by atoms with Gasteiger partial charge in [0.15, 0.2) is 0 Å². The van der Waals surface area contributed by atoms with Crippen molar-refractivity contribution in [3.8, 4) is 11.3 Å². The number of aryl methyl sites for hydroxylation is 1. The summed E-state index contributed by atoms with van der Waals surface area (Å²) in [4.78, 5) is 11.3. The molecule has 100 valence electrons. The lowest BCUT2D eigenvalue weighted by Crippen LogP contribution is -2.18. The molecule has 1 N–H and O–H groups in total. The van der Waals surface area contributed by atoms with Crippen LogP contribution in [0.1, 0.15) is 0 Å². The third-order valence-electron chi connectivity index (χ3n) is 2.42. The zero-order valence-corrected chi connectivity index (χ0v) is 11.3. The highest BCUT2D eigenvalue weighted by atomic mass is 32.2. The van der Waals surface area contributed by atoms with Gasteiger partial charge in [-0.3, -0.25) is 9.52 Å². The van der Waals surface area contributed by atoms with E-state index < -0.39 is 10.0 Å². The van der Waals surface area contributed by atoms with Gasteiger partial charge in [-0.2, -0.15) is 5.10 Å². The monoisotopic (exact) mass is 279 g/mol. The smallest absolute Gasteiger partial charge is 0.266 e. The van der Waals surface area contributed by atoms with E-state index >= 15 is 0 Å². The third kappa shape index (κ3) is 3.41. The Morgan fingerprint density at radius 3 is 2.58 bits per heavy atom. The van der Waals surface area contributed by atoms with Gasteiger partial charge in [-0.1, -0.05) is 12.1 Å². The molecule has 0 saturated carbocycles. The fraction of sp³-hybridized carbons (Fsp3) is 0.167. The first-order chi connectivity index (χ1) is 8.85. The molecule has 19 heavy (non-hydrogen) atoms. The predicted octanol–water partition coefficient (Wildman–Crippen LogP) is 0.819. The second-order valence-corrected chi connectivity index (χ2v) is 5.88. The first-order valence-corrected chi connectivity index (χ1v) is 7.37. The Bertz CT molecular complexity index is 766. The van der Waals surface area contributed by atoms with Gasteiger partial charge in [-0.05, 0) is 18.2 Å². The molecule has 0 fully saturated rings. The summed E-state index contributed by atoms with van der Waals surface area (Å²) in [6, 6.07) is 9.83. The van der Waals surface area contributed by atoms with Crippen LogP contribution in [0.25, 0.3) is 11.3 Å². The number of hydrogen-bond donors (Lipinski definition) is 1. The van der Waals surface area contributed by atoms with Gasteiger partial charge in [0.05, 0.1) is 11.9 Å². The van der Waals surface area contributed by atoms with Gasteiger partial charge in [0.1, 0.15) is 0 Å². The molecule has 2 aromatic rings. The summed E-state index contributed by atoms with van der Waals surface area (Å²) in [5.74, 6) is 0. The second kappa shape index (κ2) is 4.85. The zero-order chi connectivity index (χ0) is 14.0. The maximum Gasteiger partial charge on any atom is 0.266 e. The first-order valence-electron chi connectivity index (χ1n) is 5.48. The van der Waals surface area contributed by atoms with E-state index in [-0.39, 0.29) is 5.56 Å². The number of hydrogen-bond acceptors (Lipinski definition) is 4. The lowest BCUT2D eigenvalue weighted by Gasteiger charge is -2.07. The van der Waals surface area contributed by atoms with E-state index in [4.69, 9.17) is 0 Å². The molecule has 0 spiro atoms. The average molecular weight is 279 g/mol. The lowest BCUT2D eigenvalue weighted by molar-refractivity contribution is 0.607. The van der Waals surface area contributed by atoms with Gasteiger partial charge >= 0.3 is 0 Å². The lowest BCUT2D eigenvalue weighted by atomic mass is 10.1. The van der Waals surface area contributed by atoms with E-state index in [1.807, 2.05) is 0 Å². The normalized spacial score (nSPS) is 11.3. The van der Waals surface area contributed by atoms with Crippen LogP contribution in [0.2, 0.25) is 0 Å². The first kappa shape index (κ1) is 13.3. The molecular formula is C12H13N3O3S. The fourth-order valence-electron chi connectivity index (χ4n) is 1.61. The van der Waals surface area contributed by atoms with Crippen molar-refractivity contribution in [3.63, 3.8) is 0 Å². The summed E-state index contributed by atoms with van der Waals surface area (Å²) in [6.07, 6.45) is 1.09. The molecule has 1 heterocycles. The number of anilines is 1. The van der Waals surface area contributed by atoms with Crippen LogP contribution in [-0.2, 0) is 17.1 Å². The topological polar surface area (TPSA) is 81.1 Å². The van der Waals surface area contributed by atoms with E-state index in [0.717, 1.165) is 11.8 Å². The molecule has 2 rings (SSSR count). The highest BCUT2D eigenvalue weighted by Crippen LogP contribution is 2.20.